The van der Waals surface area contributed by atoms with Crippen LogP contribution in [0.1, 0.15) is 50.1 Å². The largest absolute Gasteiger partial charge is 0.387 e. The Morgan fingerprint density at radius 3 is 0.804 bits per heavy atom. The Morgan fingerprint density at radius 2 is 0.464 bits per heavy atom. The van der Waals surface area contributed by atoms with E-state index in [1.165, 1.54) is 0 Å². The zero-order valence-corrected chi connectivity index (χ0v) is 54.2. The van der Waals surface area contributed by atoms with Crippen LogP contribution in [0.4, 0.5) is 0 Å². The highest BCUT2D eigenvalue weighted by Crippen LogP contribution is 2.39. The van der Waals surface area contributed by atoms with E-state index in [4.69, 9.17) is 66.3 Å². The van der Waals surface area contributed by atoms with Gasteiger partial charge in [-0.2, -0.15) is 0 Å². The molecule has 15 atom stereocenters. The standard InChI is InChI=1S/C81H86O16/c82-70-71(87-49-61-34-16-4-17-35-61)67(55-84-46-58-28-10-1-11-29-58)94-80(74(70)90-52-64-40-22-7-23-41-64)96-76-73(89-51-63-38-20-6-21-39-63)69(57-86-48-60-32-14-3-15-33-60)95-81(78(76)92-54-66-44-26-9-27-45-66)97-77-75(91-53-65-42-24-8-25-43-65)72(88-50-62-36-18-5-19-37-62)68(93-79(77)83)56-85-47-59-30-12-2-13-31-59/h1-45,67-83H,46-57H2/t67-,68-,69-,70+,71-,72-,73-,74+,75+,76+,77+,78+,79+,80-,81-/m1/s1. The maximum Gasteiger partial charge on any atom is 0.187 e. The third-order valence-electron chi connectivity index (χ3n) is 17.3. The number of rotatable bonds is 34. The Hall–Kier alpha value is -7.66. The van der Waals surface area contributed by atoms with E-state index in [-0.39, 0.29) is 79.3 Å². The van der Waals surface area contributed by atoms with Gasteiger partial charge >= 0.3 is 0 Å². The lowest BCUT2D eigenvalue weighted by atomic mass is 9.95. The van der Waals surface area contributed by atoms with Gasteiger partial charge in [-0.15, -0.1) is 0 Å². The van der Waals surface area contributed by atoms with E-state index >= 15 is 0 Å². The van der Waals surface area contributed by atoms with Crippen LogP contribution in [0.3, 0.4) is 0 Å². The Labute approximate surface area is 568 Å². The second-order valence-electron chi connectivity index (χ2n) is 24.4. The zero-order chi connectivity index (χ0) is 66.1. The molecule has 0 radical (unpaired) electrons. The molecule has 3 heterocycles. The number of ether oxygens (including phenoxy) is 14. The molecule has 3 saturated heterocycles. The van der Waals surface area contributed by atoms with Crippen LogP contribution in [0.15, 0.2) is 273 Å². The quantitative estimate of drug-likeness (QED) is 0.0390. The highest BCUT2D eigenvalue weighted by molar-refractivity contribution is 5.21. The van der Waals surface area contributed by atoms with Crippen LogP contribution < -0.4 is 0 Å². The molecular weight excluding hydrogens is 1230 g/mol. The Balaban J connectivity index is 0.949. The summed E-state index contributed by atoms with van der Waals surface area (Å²) < 4.78 is 98.0. The van der Waals surface area contributed by atoms with Gasteiger partial charge in [-0.1, -0.05) is 273 Å². The van der Waals surface area contributed by atoms with Gasteiger partial charge in [0.2, 0.25) is 0 Å². The SMILES string of the molecule is O[C@@H]1[C@H](OCc2ccccc2)[C@@H](O[C@@H]2[C@H](OCc3ccccc3)[C@@H](O[C@H]3[C@@H](OCc4ccccc4)[C@H](OCc4ccccc4)[C@@H](COCc4ccccc4)O[C@@H]3O)O[C@H](COCc3ccccc3)[C@H]2OCc2ccccc2)O[C@H](COCc2ccccc2)[C@H]1OCc1ccccc1. The third kappa shape index (κ3) is 20.2. The van der Waals surface area contributed by atoms with Gasteiger partial charge in [0.25, 0.3) is 0 Å². The average molecular weight is 1320 g/mol. The smallest absolute Gasteiger partial charge is 0.187 e. The summed E-state index contributed by atoms with van der Waals surface area (Å²) in [6.07, 6.45) is -17.6. The van der Waals surface area contributed by atoms with Crippen molar-refractivity contribution in [2.45, 2.75) is 152 Å². The van der Waals surface area contributed by atoms with Crippen molar-refractivity contribution in [3.63, 3.8) is 0 Å². The van der Waals surface area contributed by atoms with Crippen LogP contribution in [0.25, 0.3) is 0 Å². The molecule has 16 heteroatoms. The van der Waals surface area contributed by atoms with Gasteiger partial charge in [0, 0.05) is 0 Å². The highest BCUT2D eigenvalue weighted by Gasteiger charge is 2.57. The lowest BCUT2D eigenvalue weighted by Gasteiger charge is -2.51. The van der Waals surface area contributed by atoms with Crippen molar-refractivity contribution >= 4 is 0 Å². The molecule has 3 fully saturated rings. The monoisotopic (exact) mass is 1310 g/mol. The van der Waals surface area contributed by atoms with Gasteiger partial charge in [-0.3, -0.25) is 0 Å². The summed E-state index contributed by atoms with van der Waals surface area (Å²) in [4.78, 5) is 0. The van der Waals surface area contributed by atoms with E-state index in [2.05, 4.69) is 0 Å². The van der Waals surface area contributed by atoms with Gasteiger partial charge in [0.15, 0.2) is 18.9 Å². The van der Waals surface area contributed by atoms with Gasteiger partial charge in [-0.05, 0) is 50.1 Å². The first-order valence-corrected chi connectivity index (χ1v) is 33.4. The van der Waals surface area contributed by atoms with Crippen molar-refractivity contribution in [1.29, 1.82) is 0 Å². The molecular formula is C81H86O16. The van der Waals surface area contributed by atoms with Crippen molar-refractivity contribution in [3.05, 3.63) is 323 Å². The Bertz CT molecular complexity index is 3590. The van der Waals surface area contributed by atoms with Crippen molar-refractivity contribution in [2.24, 2.45) is 0 Å². The first-order chi connectivity index (χ1) is 47.9. The third-order valence-corrected chi connectivity index (χ3v) is 17.3. The molecule has 2 N–H and O–H groups in total. The zero-order valence-electron chi connectivity index (χ0n) is 54.2. The van der Waals surface area contributed by atoms with E-state index in [0.29, 0.717) is 0 Å². The maximum atomic E-state index is 13.1. The molecule has 0 bridgehead atoms. The molecule has 12 rings (SSSR count). The molecule has 0 amide bonds. The average Bonchev–Trinajstić information content (AvgIpc) is 0.775. The van der Waals surface area contributed by atoms with Crippen LogP contribution >= 0.6 is 0 Å². The fourth-order valence-electron chi connectivity index (χ4n) is 12.3. The topological polar surface area (TPSA) is 170 Å². The predicted molar refractivity (Wildman–Crippen MR) is 362 cm³/mol. The highest BCUT2D eigenvalue weighted by atomic mass is 16.8. The number of benzene rings is 9. The van der Waals surface area contributed by atoms with Crippen LogP contribution in [0.5, 0.6) is 0 Å². The molecule has 0 spiro atoms. The van der Waals surface area contributed by atoms with E-state index < -0.39 is 92.1 Å². The predicted octanol–water partition coefficient (Wildman–Crippen LogP) is 12.4. The minimum Gasteiger partial charge on any atom is -0.387 e. The molecule has 0 aliphatic carbocycles. The molecule has 0 unspecified atom stereocenters. The van der Waals surface area contributed by atoms with Gasteiger partial charge < -0.3 is 76.5 Å². The van der Waals surface area contributed by atoms with Gasteiger partial charge in [-0.25, -0.2) is 0 Å². The van der Waals surface area contributed by atoms with Crippen molar-refractivity contribution in [2.75, 3.05) is 19.8 Å². The van der Waals surface area contributed by atoms with Gasteiger partial charge in [0.1, 0.15) is 73.2 Å². The lowest BCUT2D eigenvalue weighted by Crippen LogP contribution is -2.68. The summed E-state index contributed by atoms with van der Waals surface area (Å²) in [7, 11) is 0. The first-order valence-electron chi connectivity index (χ1n) is 33.4. The number of hydrogen-bond acceptors (Lipinski definition) is 16. The van der Waals surface area contributed by atoms with Crippen molar-refractivity contribution < 1.29 is 76.5 Å². The number of aliphatic hydroxyl groups is 2. The Kier molecular flexibility index (Phi) is 26.3. The Morgan fingerprint density at radius 1 is 0.227 bits per heavy atom. The minimum absolute atomic E-state index is 0.0102. The second-order valence-corrected chi connectivity index (χ2v) is 24.4. The van der Waals surface area contributed by atoms with Crippen LogP contribution in [0.2, 0.25) is 0 Å². The molecule has 0 saturated carbocycles. The molecule has 9 aromatic rings. The van der Waals surface area contributed by atoms with Crippen LogP contribution in [0, 0.1) is 0 Å². The first kappa shape index (κ1) is 69.2. The minimum atomic E-state index is -1.66. The molecule has 3 aliphatic rings. The lowest BCUT2D eigenvalue weighted by molar-refractivity contribution is -0.397. The van der Waals surface area contributed by atoms with Crippen LogP contribution in [-0.4, -0.2) is 122 Å². The molecule has 9 aromatic carbocycles. The van der Waals surface area contributed by atoms with E-state index in [9.17, 15) is 10.2 Å². The number of hydrogen-bond donors (Lipinski definition) is 2. The summed E-state index contributed by atoms with van der Waals surface area (Å²) in [5, 5.41) is 25.9. The molecule has 16 nitrogen and oxygen atoms in total. The number of aliphatic hydroxyl groups excluding tert-OH is 2. The maximum absolute atomic E-state index is 13.1. The molecule has 506 valence electrons. The fraction of sp³-hybridized carbons (Fsp3) is 0.333. The van der Waals surface area contributed by atoms with Crippen LogP contribution in [-0.2, 0) is 126 Å². The molecule has 0 aromatic heterocycles. The summed E-state index contributed by atoms with van der Waals surface area (Å²) in [6.45, 7) is 1.35. The van der Waals surface area contributed by atoms with E-state index in [0.717, 1.165) is 50.1 Å². The van der Waals surface area contributed by atoms with E-state index in [1.807, 2.05) is 273 Å². The fourth-order valence-corrected chi connectivity index (χ4v) is 12.3. The molecule has 97 heavy (non-hydrogen) atoms. The van der Waals surface area contributed by atoms with Crippen molar-refractivity contribution in [1.82, 2.24) is 0 Å². The summed E-state index contributed by atoms with van der Waals surface area (Å²) in [6, 6.07) is 88.2. The summed E-state index contributed by atoms with van der Waals surface area (Å²) in [5.41, 5.74) is 8.07. The van der Waals surface area contributed by atoms with E-state index in [1.54, 1.807) is 0 Å². The molecule has 3 aliphatic heterocycles. The van der Waals surface area contributed by atoms with Gasteiger partial charge in [0.05, 0.1) is 79.3 Å². The normalized spacial score (nSPS) is 25.7. The summed E-state index contributed by atoms with van der Waals surface area (Å²) in [5.74, 6) is 0. The summed E-state index contributed by atoms with van der Waals surface area (Å²) >= 11 is 0. The second kappa shape index (κ2) is 36.8. The van der Waals surface area contributed by atoms with Crippen molar-refractivity contribution in [3.8, 4) is 0 Å².